The summed E-state index contributed by atoms with van der Waals surface area (Å²) in [7, 11) is 1.49. The number of hydrazine groups is 1. The molecule has 1 aromatic carbocycles. The Bertz CT molecular complexity index is 270. The topological polar surface area (TPSA) is 47.3 Å². The third-order valence-corrected chi connectivity index (χ3v) is 1.57. The monoisotopic (exact) mass is 206 g/mol. The molecular formula is C8H12ClFN2O. The van der Waals surface area contributed by atoms with Crippen LogP contribution in [-0.4, -0.2) is 7.11 Å². The first-order valence-corrected chi connectivity index (χ1v) is 3.54. The molecule has 0 bridgehead atoms. The number of nitrogens with one attached hydrogen (secondary N) is 1. The van der Waals surface area contributed by atoms with Crippen molar-refractivity contribution in [3.8, 4) is 5.75 Å². The van der Waals surface area contributed by atoms with Crippen molar-refractivity contribution < 1.29 is 9.13 Å². The number of ether oxygens (including phenoxy) is 1. The third kappa shape index (κ3) is 2.84. The van der Waals surface area contributed by atoms with Gasteiger partial charge in [0.2, 0.25) is 0 Å². The molecule has 0 unspecified atom stereocenters. The van der Waals surface area contributed by atoms with Crippen molar-refractivity contribution in [2.75, 3.05) is 7.11 Å². The molecular weight excluding hydrogens is 195 g/mol. The molecule has 3 nitrogen and oxygen atoms in total. The van der Waals surface area contributed by atoms with Crippen LogP contribution in [0.15, 0.2) is 18.2 Å². The molecule has 1 aromatic rings. The van der Waals surface area contributed by atoms with Crippen molar-refractivity contribution in [3.63, 3.8) is 0 Å². The van der Waals surface area contributed by atoms with Crippen LogP contribution >= 0.6 is 12.4 Å². The molecule has 0 radical (unpaired) electrons. The maximum absolute atomic E-state index is 13.0. The van der Waals surface area contributed by atoms with E-state index in [9.17, 15) is 4.39 Å². The van der Waals surface area contributed by atoms with E-state index in [0.29, 0.717) is 11.3 Å². The summed E-state index contributed by atoms with van der Waals surface area (Å²) in [6.07, 6.45) is 0. The van der Waals surface area contributed by atoms with E-state index in [2.05, 4.69) is 5.43 Å². The van der Waals surface area contributed by atoms with E-state index in [0.717, 1.165) is 0 Å². The standard InChI is InChI=1S/C8H11FN2O.ClH/c1-12-8-4-2-3-7(9)6(8)5-11-10;/h2-4,11H,5,10H2,1H3;1H. The number of nitrogens with two attached hydrogens (primary N) is 1. The number of methoxy groups -OCH3 is 1. The maximum Gasteiger partial charge on any atom is 0.131 e. The van der Waals surface area contributed by atoms with Crippen LogP contribution in [0.25, 0.3) is 0 Å². The lowest BCUT2D eigenvalue weighted by Crippen LogP contribution is -2.21. The molecule has 1 rings (SSSR count). The van der Waals surface area contributed by atoms with Gasteiger partial charge in [-0.2, -0.15) is 0 Å². The summed E-state index contributed by atoms with van der Waals surface area (Å²) in [5, 5.41) is 0. The average Bonchev–Trinajstić information content (AvgIpc) is 2.09. The van der Waals surface area contributed by atoms with Crippen molar-refractivity contribution in [3.05, 3.63) is 29.6 Å². The summed E-state index contributed by atoms with van der Waals surface area (Å²) in [5.41, 5.74) is 2.83. The smallest absolute Gasteiger partial charge is 0.131 e. The molecule has 0 aromatic heterocycles. The molecule has 5 heteroatoms. The van der Waals surface area contributed by atoms with Crippen LogP contribution in [0.2, 0.25) is 0 Å². The summed E-state index contributed by atoms with van der Waals surface area (Å²) < 4.78 is 18.0. The van der Waals surface area contributed by atoms with Gasteiger partial charge >= 0.3 is 0 Å². The normalized spacial score (nSPS) is 9.15. The molecule has 0 heterocycles. The highest BCUT2D eigenvalue weighted by atomic mass is 35.5. The molecule has 0 saturated heterocycles. The summed E-state index contributed by atoms with van der Waals surface area (Å²) in [6, 6.07) is 4.65. The number of hydrogen-bond donors (Lipinski definition) is 2. The van der Waals surface area contributed by atoms with Crippen LogP contribution in [0, 0.1) is 5.82 Å². The van der Waals surface area contributed by atoms with Gasteiger partial charge in [0.1, 0.15) is 11.6 Å². The highest BCUT2D eigenvalue weighted by Gasteiger charge is 2.06. The quantitative estimate of drug-likeness (QED) is 0.578. The molecule has 0 aliphatic heterocycles. The summed E-state index contributed by atoms with van der Waals surface area (Å²) >= 11 is 0. The molecule has 0 aliphatic carbocycles. The van der Waals surface area contributed by atoms with Gasteiger partial charge in [0.15, 0.2) is 0 Å². The fourth-order valence-electron chi connectivity index (χ4n) is 1.00. The summed E-state index contributed by atoms with van der Waals surface area (Å²) in [6.45, 7) is 0.260. The molecule has 0 aliphatic rings. The maximum atomic E-state index is 13.0. The highest BCUT2D eigenvalue weighted by molar-refractivity contribution is 5.85. The fourth-order valence-corrected chi connectivity index (χ4v) is 1.00. The van der Waals surface area contributed by atoms with Gasteiger partial charge in [-0.05, 0) is 12.1 Å². The van der Waals surface area contributed by atoms with Crippen LogP contribution in [0.3, 0.4) is 0 Å². The van der Waals surface area contributed by atoms with Crippen LogP contribution in [0.5, 0.6) is 5.75 Å². The van der Waals surface area contributed by atoms with E-state index in [-0.39, 0.29) is 24.8 Å². The molecule has 3 N–H and O–H groups in total. The Morgan fingerprint density at radius 1 is 1.54 bits per heavy atom. The van der Waals surface area contributed by atoms with Gasteiger partial charge in [0.05, 0.1) is 7.11 Å². The molecule has 0 spiro atoms. The van der Waals surface area contributed by atoms with Crippen LogP contribution in [0.1, 0.15) is 5.56 Å². The van der Waals surface area contributed by atoms with Crippen molar-refractivity contribution in [1.29, 1.82) is 0 Å². The fraction of sp³-hybridized carbons (Fsp3) is 0.250. The van der Waals surface area contributed by atoms with Crippen molar-refractivity contribution in [1.82, 2.24) is 5.43 Å². The minimum absolute atomic E-state index is 0. The lowest BCUT2D eigenvalue weighted by atomic mass is 10.2. The Labute approximate surface area is 82.5 Å². The van der Waals surface area contributed by atoms with E-state index in [1.54, 1.807) is 12.1 Å². The van der Waals surface area contributed by atoms with Gasteiger partial charge in [-0.3, -0.25) is 11.3 Å². The second-order valence-electron chi connectivity index (χ2n) is 2.30. The number of hydrogen-bond acceptors (Lipinski definition) is 3. The first-order chi connectivity index (χ1) is 5.79. The first kappa shape index (κ1) is 12.2. The SMILES string of the molecule is COc1cccc(F)c1CNN.Cl. The predicted octanol–water partition coefficient (Wildman–Crippen LogP) is 1.22. The molecule has 74 valence electrons. The predicted molar refractivity (Wildman–Crippen MR) is 51.2 cm³/mol. The Morgan fingerprint density at radius 3 is 2.77 bits per heavy atom. The van der Waals surface area contributed by atoms with Crippen LogP contribution in [0.4, 0.5) is 4.39 Å². The zero-order chi connectivity index (χ0) is 8.97. The average molecular weight is 207 g/mol. The number of rotatable bonds is 3. The minimum atomic E-state index is -0.313. The zero-order valence-electron chi connectivity index (χ0n) is 7.21. The van der Waals surface area contributed by atoms with Crippen LogP contribution < -0.4 is 16.0 Å². The van der Waals surface area contributed by atoms with Gasteiger partial charge in [0, 0.05) is 12.1 Å². The number of benzene rings is 1. The molecule has 0 atom stereocenters. The Hall–Kier alpha value is -0.840. The van der Waals surface area contributed by atoms with Crippen molar-refractivity contribution in [2.45, 2.75) is 6.54 Å². The van der Waals surface area contributed by atoms with E-state index in [4.69, 9.17) is 10.6 Å². The van der Waals surface area contributed by atoms with E-state index in [1.165, 1.54) is 13.2 Å². The van der Waals surface area contributed by atoms with E-state index < -0.39 is 0 Å². The van der Waals surface area contributed by atoms with Gasteiger partial charge in [-0.25, -0.2) is 4.39 Å². The van der Waals surface area contributed by atoms with Gasteiger partial charge in [0.25, 0.3) is 0 Å². The van der Waals surface area contributed by atoms with E-state index in [1.807, 2.05) is 0 Å². The lowest BCUT2D eigenvalue weighted by Gasteiger charge is -2.07. The summed E-state index contributed by atoms with van der Waals surface area (Å²) in [4.78, 5) is 0. The van der Waals surface area contributed by atoms with Crippen molar-refractivity contribution in [2.24, 2.45) is 5.84 Å². The molecule has 0 fully saturated rings. The molecule has 0 amide bonds. The van der Waals surface area contributed by atoms with E-state index >= 15 is 0 Å². The molecule has 0 saturated carbocycles. The summed E-state index contributed by atoms with van der Waals surface area (Å²) in [5.74, 6) is 5.28. The van der Waals surface area contributed by atoms with Gasteiger partial charge in [-0.15, -0.1) is 12.4 Å². The second kappa shape index (κ2) is 5.75. The van der Waals surface area contributed by atoms with Gasteiger partial charge in [-0.1, -0.05) is 6.07 Å². The second-order valence-corrected chi connectivity index (χ2v) is 2.30. The lowest BCUT2D eigenvalue weighted by molar-refractivity contribution is 0.402. The Morgan fingerprint density at radius 2 is 2.23 bits per heavy atom. The third-order valence-electron chi connectivity index (χ3n) is 1.57. The number of halogens is 2. The highest BCUT2D eigenvalue weighted by Crippen LogP contribution is 2.20. The largest absolute Gasteiger partial charge is 0.496 e. The minimum Gasteiger partial charge on any atom is -0.496 e. The van der Waals surface area contributed by atoms with Crippen LogP contribution in [-0.2, 0) is 6.54 Å². The molecule has 13 heavy (non-hydrogen) atoms. The first-order valence-electron chi connectivity index (χ1n) is 3.54. The Balaban J connectivity index is 0.00000144. The van der Waals surface area contributed by atoms with Crippen molar-refractivity contribution >= 4 is 12.4 Å². The Kier molecular flexibility index (Phi) is 5.37. The zero-order valence-corrected chi connectivity index (χ0v) is 8.03. The van der Waals surface area contributed by atoms with Gasteiger partial charge < -0.3 is 4.74 Å².